The van der Waals surface area contributed by atoms with Gasteiger partial charge in [-0.05, 0) is 12.8 Å². The van der Waals surface area contributed by atoms with Gasteiger partial charge >= 0.3 is 5.97 Å². The minimum Gasteiger partial charge on any atom is -0.465 e. The number of fused-ring (bicyclic) bond motifs is 1. The highest BCUT2D eigenvalue weighted by Crippen LogP contribution is 2.37. The third kappa shape index (κ3) is 0.736. The topological polar surface area (TPSA) is 46.5 Å². The van der Waals surface area contributed by atoms with Crippen molar-refractivity contribution < 1.29 is 14.6 Å². The third-order valence-electron chi connectivity index (χ3n) is 2.41. The van der Waals surface area contributed by atoms with Gasteiger partial charge in [0.25, 0.3) is 0 Å². The van der Waals surface area contributed by atoms with E-state index in [1.54, 1.807) is 0 Å². The van der Waals surface area contributed by atoms with Crippen molar-refractivity contribution >= 4 is 5.97 Å². The second-order valence-corrected chi connectivity index (χ2v) is 3.12. The Kier molecular flexibility index (Phi) is 1.20. The number of hydrogen-bond donors (Lipinski definition) is 1. The maximum absolute atomic E-state index is 10.9. The largest absolute Gasteiger partial charge is 0.465 e. The molecule has 1 heterocycles. The Morgan fingerprint density at radius 2 is 2.30 bits per heavy atom. The summed E-state index contributed by atoms with van der Waals surface area (Å²) in [4.78, 5) is 10.9. The highest BCUT2D eigenvalue weighted by molar-refractivity contribution is 5.75. The minimum atomic E-state index is -0.261. The maximum atomic E-state index is 10.9. The van der Waals surface area contributed by atoms with Crippen LogP contribution in [0.15, 0.2) is 0 Å². The van der Waals surface area contributed by atoms with Crippen molar-refractivity contribution in [1.82, 2.24) is 0 Å². The van der Waals surface area contributed by atoms with Crippen molar-refractivity contribution in [1.29, 1.82) is 0 Å². The summed E-state index contributed by atoms with van der Waals surface area (Å²) in [5, 5.41) is 9.14. The first-order valence-electron chi connectivity index (χ1n) is 3.62. The van der Waals surface area contributed by atoms with Crippen LogP contribution >= 0.6 is 0 Å². The van der Waals surface area contributed by atoms with Crippen molar-refractivity contribution in [3.05, 3.63) is 0 Å². The van der Waals surface area contributed by atoms with Crippen LogP contribution in [0.4, 0.5) is 0 Å². The van der Waals surface area contributed by atoms with E-state index in [1.807, 2.05) is 0 Å². The van der Waals surface area contributed by atoms with Crippen LogP contribution in [0.3, 0.4) is 0 Å². The number of aliphatic hydroxyl groups excluding tert-OH is 1. The Morgan fingerprint density at radius 1 is 1.50 bits per heavy atom. The molecule has 0 aromatic carbocycles. The van der Waals surface area contributed by atoms with E-state index < -0.39 is 0 Å². The van der Waals surface area contributed by atoms with E-state index in [0.717, 1.165) is 6.42 Å². The molecule has 0 spiro atoms. The molecule has 3 heteroatoms. The first kappa shape index (κ1) is 6.16. The van der Waals surface area contributed by atoms with E-state index in [2.05, 4.69) is 0 Å². The van der Waals surface area contributed by atoms with Gasteiger partial charge in [0.1, 0.15) is 0 Å². The Hall–Kier alpha value is -0.570. The Balaban J connectivity index is 2.12. The van der Waals surface area contributed by atoms with Crippen LogP contribution in [-0.4, -0.2) is 23.8 Å². The monoisotopic (exact) mass is 142 g/mol. The molecule has 0 aromatic heterocycles. The lowest BCUT2D eigenvalue weighted by Gasteiger charge is -2.00. The fourth-order valence-electron chi connectivity index (χ4n) is 1.86. The summed E-state index contributed by atoms with van der Waals surface area (Å²) in [6.07, 6.45) is 1.10. The van der Waals surface area contributed by atoms with Crippen LogP contribution < -0.4 is 0 Å². The van der Waals surface area contributed by atoms with Gasteiger partial charge < -0.3 is 9.84 Å². The summed E-state index contributed by atoms with van der Waals surface area (Å²) in [6.45, 7) is 0.528. The van der Waals surface area contributed by atoms with Crippen molar-refractivity contribution in [3.63, 3.8) is 0 Å². The fraction of sp³-hybridized carbons (Fsp3) is 0.857. The molecule has 0 amide bonds. The zero-order valence-corrected chi connectivity index (χ0v) is 5.62. The maximum Gasteiger partial charge on any atom is 0.309 e. The molecule has 1 aliphatic carbocycles. The zero-order chi connectivity index (χ0) is 7.14. The van der Waals surface area contributed by atoms with Crippen LogP contribution in [-0.2, 0) is 9.53 Å². The SMILES string of the molecule is O=C1OCC2CC(O)CC12. The number of carbonyl (C=O) groups is 1. The molecule has 1 saturated heterocycles. The molecule has 2 rings (SSSR count). The van der Waals surface area contributed by atoms with Crippen LogP contribution in [0.1, 0.15) is 12.8 Å². The van der Waals surface area contributed by atoms with E-state index in [1.165, 1.54) is 0 Å². The van der Waals surface area contributed by atoms with Gasteiger partial charge in [0, 0.05) is 5.92 Å². The summed E-state index contributed by atoms with van der Waals surface area (Å²) in [7, 11) is 0. The van der Waals surface area contributed by atoms with Crippen LogP contribution in [0.5, 0.6) is 0 Å². The molecule has 1 aliphatic heterocycles. The Morgan fingerprint density at radius 3 is 3.00 bits per heavy atom. The number of carbonyl (C=O) groups excluding carboxylic acids is 1. The van der Waals surface area contributed by atoms with Gasteiger partial charge in [-0.1, -0.05) is 0 Å². The minimum absolute atomic E-state index is 0.00926. The van der Waals surface area contributed by atoms with E-state index in [9.17, 15) is 4.79 Å². The molecule has 2 fully saturated rings. The van der Waals surface area contributed by atoms with Crippen LogP contribution in [0.25, 0.3) is 0 Å². The number of esters is 1. The van der Waals surface area contributed by atoms with Crippen LogP contribution in [0, 0.1) is 11.8 Å². The van der Waals surface area contributed by atoms with Crippen molar-refractivity contribution in [3.8, 4) is 0 Å². The highest BCUT2D eigenvalue weighted by atomic mass is 16.5. The molecule has 3 nitrogen and oxygen atoms in total. The number of aliphatic hydroxyl groups is 1. The van der Waals surface area contributed by atoms with Gasteiger partial charge in [0.15, 0.2) is 0 Å². The van der Waals surface area contributed by atoms with Gasteiger partial charge in [-0.15, -0.1) is 0 Å². The van der Waals surface area contributed by atoms with Crippen molar-refractivity contribution in [2.45, 2.75) is 18.9 Å². The fourth-order valence-corrected chi connectivity index (χ4v) is 1.86. The molecule has 1 saturated carbocycles. The van der Waals surface area contributed by atoms with Gasteiger partial charge in [0.05, 0.1) is 18.6 Å². The van der Waals surface area contributed by atoms with Gasteiger partial charge in [-0.25, -0.2) is 0 Å². The predicted octanol–water partition coefficient (Wildman–Crippen LogP) is -0.0697. The lowest BCUT2D eigenvalue weighted by Crippen LogP contribution is -2.09. The second kappa shape index (κ2) is 1.95. The lowest BCUT2D eigenvalue weighted by molar-refractivity contribution is -0.141. The van der Waals surface area contributed by atoms with E-state index >= 15 is 0 Å². The Labute approximate surface area is 59.0 Å². The zero-order valence-electron chi connectivity index (χ0n) is 5.62. The van der Waals surface area contributed by atoms with Crippen LogP contribution in [0.2, 0.25) is 0 Å². The summed E-state index contributed by atoms with van der Waals surface area (Å²) in [6, 6.07) is 0. The normalized spacial score (nSPS) is 45.3. The average Bonchev–Trinajstić information content (AvgIpc) is 2.35. The Bertz CT molecular complexity index is 166. The summed E-state index contributed by atoms with van der Waals surface area (Å²) in [5.74, 6) is 0.207. The van der Waals surface area contributed by atoms with Crippen molar-refractivity contribution in [2.75, 3.05) is 6.61 Å². The molecule has 10 heavy (non-hydrogen) atoms. The quantitative estimate of drug-likeness (QED) is 0.481. The first-order chi connectivity index (χ1) is 4.77. The average molecular weight is 142 g/mol. The van der Waals surface area contributed by atoms with E-state index in [4.69, 9.17) is 9.84 Å². The molecule has 2 aliphatic rings. The summed E-state index contributed by atoms with van der Waals surface area (Å²) < 4.78 is 4.82. The van der Waals surface area contributed by atoms with Crippen molar-refractivity contribution in [2.24, 2.45) is 11.8 Å². The number of rotatable bonds is 0. The molecule has 56 valence electrons. The summed E-state index contributed by atoms with van der Waals surface area (Å²) in [5.41, 5.74) is 0. The molecule has 3 atom stereocenters. The lowest BCUT2D eigenvalue weighted by atomic mass is 10.0. The number of cyclic esters (lactones) is 1. The molecule has 0 radical (unpaired) electrons. The summed E-state index contributed by atoms with van der Waals surface area (Å²) >= 11 is 0. The van der Waals surface area contributed by atoms with Gasteiger partial charge in [-0.3, -0.25) is 4.79 Å². The van der Waals surface area contributed by atoms with Gasteiger partial charge in [0.2, 0.25) is 0 Å². The van der Waals surface area contributed by atoms with E-state index in [0.29, 0.717) is 18.9 Å². The second-order valence-electron chi connectivity index (χ2n) is 3.12. The number of hydrogen-bond acceptors (Lipinski definition) is 3. The molecular weight excluding hydrogens is 132 g/mol. The molecular formula is C7H10O3. The first-order valence-corrected chi connectivity index (χ1v) is 3.62. The molecule has 0 aromatic rings. The molecule has 0 bridgehead atoms. The standard InChI is InChI=1S/C7H10O3/c8-5-1-4-3-10-7(9)6(4)2-5/h4-6,8H,1-3H2. The molecule has 1 N–H and O–H groups in total. The predicted molar refractivity (Wildman–Crippen MR) is 33.2 cm³/mol. The van der Waals surface area contributed by atoms with Gasteiger partial charge in [-0.2, -0.15) is 0 Å². The molecule has 3 unspecified atom stereocenters. The smallest absolute Gasteiger partial charge is 0.309 e. The van der Waals surface area contributed by atoms with E-state index in [-0.39, 0.29) is 18.0 Å². The third-order valence-corrected chi connectivity index (χ3v) is 2.41. The highest BCUT2D eigenvalue weighted by Gasteiger charge is 2.43. The number of ether oxygens (including phenoxy) is 1.